The maximum absolute atomic E-state index is 5.59. The minimum Gasteiger partial charge on any atom is -0.376 e. The summed E-state index contributed by atoms with van der Waals surface area (Å²) in [6, 6.07) is 0.556. The number of hydrogen-bond acceptors (Lipinski definition) is 3. The lowest BCUT2D eigenvalue weighted by Crippen LogP contribution is -2.51. The molecule has 1 fully saturated rings. The average molecular weight is 242 g/mol. The van der Waals surface area contributed by atoms with Gasteiger partial charge >= 0.3 is 0 Å². The summed E-state index contributed by atoms with van der Waals surface area (Å²) in [4.78, 5) is 2.54. The van der Waals surface area contributed by atoms with Crippen LogP contribution in [0.2, 0.25) is 0 Å². The highest BCUT2D eigenvalue weighted by Crippen LogP contribution is 2.23. The molecule has 3 nitrogen and oxygen atoms in total. The zero-order valence-corrected chi connectivity index (χ0v) is 12.3. The molecule has 2 atom stereocenters. The number of nitrogens with one attached hydrogen (secondary N) is 1. The molecule has 3 heteroatoms. The van der Waals surface area contributed by atoms with Gasteiger partial charge in [-0.25, -0.2) is 0 Å². The van der Waals surface area contributed by atoms with Crippen molar-refractivity contribution >= 4 is 0 Å². The lowest BCUT2D eigenvalue weighted by atomic mass is 9.84. The summed E-state index contributed by atoms with van der Waals surface area (Å²) in [5.41, 5.74) is 0.312. The van der Waals surface area contributed by atoms with Crippen molar-refractivity contribution in [3.8, 4) is 0 Å². The maximum atomic E-state index is 5.59. The van der Waals surface area contributed by atoms with Gasteiger partial charge in [-0.1, -0.05) is 20.8 Å². The fourth-order valence-electron chi connectivity index (χ4n) is 2.38. The van der Waals surface area contributed by atoms with Gasteiger partial charge in [0.25, 0.3) is 0 Å². The van der Waals surface area contributed by atoms with Crippen molar-refractivity contribution in [3.05, 3.63) is 0 Å². The Morgan fingerprint density at radius 1 is 1.47 bits per heavy atom. The summed E-state index contributed by atoms with van der Waals surface area (Å²) in [7, 11) is 0. The minimum atomic E-state index is 0.312. The molecule has 17 heavy (non-hydrogen) atoms. The van der Waals surface area contributed by atoms with Crippen LogP contribution in [0.1, 0.15) is 41.0 Å². The van der Waals surface area contributed by atoms with Crippen molar-refractivity contribution in [2.24, 2.45) is 5.41 Å². The monoisotopic (exact) mass is 242 g/mol. The maximum Gasteiger partial charge on any atom is 0.0674 e. The predicted molar refractivity (Wildman–Crippen MR) is 73.4 cm³/mol. The second-order valence-electron chi connectivity index (χ2n) is 6.08. The van der Waals surface area contributed by atoms with E-state index >= 15 is 0 Å². The van der Waals surface area contributed by atoms with Crippen molar-refractivity contribution in [2.45, 2.75) is 53.2 Å². The van der Waals surface area contributed by atoms with Gasteiger partial charge < -0.3 is 10.1 Å². The second-order valence-corrected chi connectivity index (χ2v) is 6.08. The lowest BCUT2D eigenvalue weighted by Gasteiger charge is -2.40. The Balaban J connectivity index is 2.41. The van der Waals surface area contributed by atoms with E-state index in [-0.39, 0.29) is 0 Å². The second kappa shape index (κ2) is 6.72. The molecule has 0 radical (unpaired) electrons. The Morgan fingerprint density at radius 2 is 2.18 bits per heavy atom. The van der Waals surface area contributed by atoms with Crippen LogP contribution in [0.5, 0.6) is 0 Å². The van der Waals surface area contributed by atoms with Gasteiger partial charge in [0, 0.05) is 25.7 Å². The zero-order chi connectivity index (χ0) is 12.9. The van der Waals surface area contributed by atoms with Crippen LogP contribution in [-0.4, -0.2) is 49.8 Å². The smallest absolute Gasteiger partial charge is 0.0674 e. The van der Waals surface area contributed by atoms with Crippen LogP contribution in [0.15, 0.2) is 0 Å². The Bertz CT molecular complexity index is 218. The van der Waals surface area contributed by atoms with Gasteiger partial charge in [-0.3, -0.25) is 4.90 Å². The molecule has 0 amide bonds. The zero-order valence-electron chi connectivity index (χ0n) is 12.3. The van der Waals surface area contributed by atoms with E-state index in [4.69, 9.17) is 4.74 Å². The molecule has 0 aromatic heterocycles. The molecular weight excluding hydrogens is 212 g/mol. The molecule has 0 aromatic rings. The quantitative estimate of drug-likeness (QED) is 0.772. The number of hydrogen-bond donors (Lipinski definition) is 1. The molecule has 1 N–H and O–H groups in total. The normalized spacial score (nSPS) is 24.9. The molecule has 0 aromatic carbocycles. The van der Waals surface area contributed by atoms with Crippen LogP contribution in [0.25, 0.3) is 0 Å². The van der Waals surface area contributed by atoms with Crippen LogP contribution in [0, 0.1) is 5.41 Å². The van der Waals surface area contributed by atoms with Crippen molar-refractivity contribution in [1.82, 2.24) is 10.2 Å². The van der Waals surface area contributed by atoms with E-state index < -0.39 is 0 Å². The third kappa shape index (κ3) is 4.94. The fourth-order valence-corrected chi connectivity index (χ4v) is 2.38. The van der Waals surface area contributed by atoms with Gasteiger partial charge in [-0.05, 0) is 32.2 Å². The summed E-state index contributed by atoms with van der Waals surface area (Å²) in [6.07, 6.45) is 1.59. The van der Waals surface area contributed by atoms with E-state index in [1.807, 2.05) is 0 Å². The van der Waals surface area contributed by atoms with Crippen molar-refractivity contribution < 1.29 is 4.74 Å². The highest BCUT2D eigenvalue weighted by Gasteiger charge is 2.29. The van der Waals surface area contributed by atoms with Crippen LogP contribution in [0.4, 0.5) is 0 Å². The summed E-state index contributed by atoms with van der Waals surface area (Å²) >= 11 is 0. The van der Waals surface area contributed by atoms with Crippen molar-refractivity contribution in [1.29, 1.82) is 0 Å². The molecule has 1 aliphatic rings. The molecule has 0 saturated carbocycles. The summed E-state index contributed by atoms with van der Waals surface area (Å²) in [5, 5.41) is 3.62. The molecule has 1 aliphatic heterocycles. The van der Waals surface area contributed by atoms with E-state index in [2.05, 4.69) is 44.8 Å². The third-order valence-corrected chi connectivity index (χ3v) is 3.83. The number of nitrogens with zero attached hydrogens (tertiary/aromatic N) is 1. The first-order valence-corrected chi connectivity index (χ1v) is 7.03. The highest BCUT2D eigenvalue weighted by molar-refractivity contribution is 4.85. The molecular formula is C14H30N2O. The highest BCUT2D eigenvalue weighted by atomic mass is 16.5. The average Bonchev–Trinajstić information content (AvgIpc) is 2.25. The molecule has 0 spiro atoms. The first-order valence-electron chi connectivity index (χ1n) is 7.03. The number of morpholine rings is 1. The predicted octanol–water partition coefficient (Wildman–Crippen LogP) is 2.12. The van der Waals surface area contributed by atoms with E-state index in [9.17, 15) is 0 Å². The van der Waals surface area contributed by atoms with E-state index in [1.165, 1.54) is 6.42 Å². The topological polar surface area (TPSA) is 24.5 Å². The van der Waals surface area contributed by atoms with E-state index in [0.717, 1.165) is 32.8 Å². The van der Waals surface area contributed by atoms with Gasteiger partial charge in [-0.2, -0.15) is 0 Å². The molecule has 102 valence electrons. The van der Waals surface area contributed by atoms with Gasteiger partial charge in [-0.15, -0.1) is 0 Å². The van der Waals surface area contributed by atoms with Crippen LogP contribution < -0.4 is 5.32 Å². The van der Waals surface area contributed by atoms with Gasteiger partial charge in [0.2, 0.25) is 0 Å². The Kier molecular flexibility index (Phi) is 5.90. The molecule has 1 heterocycles. The van der Waals surface area contributed by atoms with Gasteiger partial charge in [0.15, 0.2) is 0 Å². The van der Waals surface area contributed by atoms with Crippen molar-refractivity contribution in [2.75, 3.05) is 32.8 Å². The number of ether oxygens (including phenoxy) is 1. The molecule has 1 saturated heterocycles. The van der Waals surface area contributed by atoms with Crippen LogP contribution in [0.3, 0.4) is 0 Å². The summed E-state index contributed by atoms with van der Waals surface area (Å²) < 4.78 is 5.59. The molecule has 1 rings (SSSR count). The van der Waals surface area contributed by atoms with E-state index in [1.54, 1.807) is 0 Å². The first kappa shape index (κ1) is 14.9. The SMILES string of the molecule is CCCNC(C)C(C)(C)CN1CCOC(C)C1. The van der Waals surface area contributed by atoms with Gasteiger partial charge in [0.1, 0.15) is 0 Å². The molecule has 0 aliphatic carbocycles. The van der Waals surface area contributed by atoms with Crippen molar-refractivity contribution in [3.63, 3.8) is 0 Å². The largest absolute Gasteiger partial charge is 0.376 e. The molecule has 2 unspecified atom stereocenters. The summed E-state index contributed by atoms with van der Waals surface area (Å²) in [5.74, 6) is 0. The Labute approximate surface area is 107 Å². The van der Waals surface area contributed by atoms with Gasteiger partial charge in [0.05, 0.1) is 12.7 Å². The van der Waals surface area contributed by atoms with E-state index in [0.29, 0.717) is 17.6 Å². The number of rotatable bonds is 6. The first-order chi connectivity index (χ1) is 7.95. The Morgan fingerprint density at radius 3 is 2.76 bits per heavy atom. The van der Waals surface area contributed by atoms with Crippen LogP contribution >= 0.6 is 0 Å². The Hall–Kier alpha value is -0.120. The lowest BCUT2D eigenvalue weighted by molar-refractivity contribution is -0.0320. The standard InChI is InChI=1S/C14H30N2O/c1-6-7-15-13(3)14(4,5)11-16-8-9-17-12(2)10-16/h12-13,15H,6-11H2,1-5H3. The van der Waals surface area contributed by atoms with Crippen LogP contribution in [-0.2, 0) is 4.74 Å². The molecule has 0 bridgehead atoms. The fraction of sp³-hybridized carbons (Fsp3) is 1.00. The third-order valence-electron chi connectivity index (χ3n) is 3.83. The summed E-state index contributed by atoms with van der Waals surface area (Å²) in [6.45, 7) is 16.7. The minimum absolute atomic E-state index is 0.312.